The van der Waals surface area contributed by atoms with Crippen molar-refractivity contribution in [2.75, 3.05) is 23.7 Å². The molecule has 1 aromatic carbocycles. The molecule has 8 heteroatoms. The number of likely N-dealkylation sites (N-methyl/N-ethyl adjacent to an activating group) is 1. The summed E-state index contributed by atoms with van der Waals surface area (Å²) in [7, 11) is 1.93. The van der Waals surface area contributed by atoms with E-state index >= 15 is 0 Å². The van der Waals surface area contributed by atoms with E-state index in [4.69, 9.17) is 5.73 Å². The van der Waals surface area contributed by atoms with Crippen LogP contribution in [0.2, 0.25) is 0 Å². The van der Waals surface area contributed by atoms with Crippen molar-refractivity contribution in [1.82, 2.24) is 9.47 Å². The number of rotatable bonds is 4. The van der Waals surface area contributed by atoms with Crippen LogP contribution in [-0.4, -0.2) is 34.5 Å². The summed E-state index contributed by atoms with van der Waals surface area (Å²) >= 11 is 1.44. The fourth-order valence-corrected chi connectivity index (χ4v) is 5.06. The number of nitrogens with one attached hydrogen (secondary N) is 2. The maximum atomic E-state index is 12.7. The van der Waals surface area contributed by atoms with Crippen LogP contribution >= 0.6 is 11.3 Å². The molecule has 1 aliphatic heterocycles. The second kappa shape index (κ2) is 7.29. The van der Waals surface area contributed by atoms with Crippen molar-refractivity contribution in [3.8, 4) is 0 Å². The average molecular weight is 398 g/mol. The van der Waals surface area contributed by atoms with Gasteiger partial charge in [-0.1, -0.05) is 25.1 Å². The minimum absolute atomic E-state index is 0.384. The number of anilines is 2. The molecule has 1 aliphatic rings. The van der Waals surface area contributed by atoms with E-state index < -0.39 is 5.91 Å². The average Bonchev–Trinajstić information content (AvgIpc) is 3.18. The zero-order valence-corrected chi connectivity index (χ0v) is 16.7. The van der Waals surface area contributed by atoms with E-state index in [1.54, 1.807) is 0 Å². The number of nitrogens with two attached hydrogens (primary N) is 1. The van der Waals surface area contributed by atoms with Crippen LogP contribution in [0.5, 0.6) is 0 Å². The van der Waals surface area contributed by atoms with Crippen LogP contribution in [0.1, 0.15) is 27.7 Å². The van der Waals surface area contributed by atoms with Crippen LogP contribution in [-0.2, 0) is 20.0 Å². The Balaban J connectivity index is 1.59. The molecule has 0 saturated carbocycles. The number of thiophene rings is 1. The Hall–Kier alpha value is -2.84. The zero-order valence-electron chi connectivity index (χ0n) is 15.9. The molecule has 0 saturated heterocycles. The maximum absolute atomic E-state index is 12.7. The Morgan fingerprint density at radius 3 is 2.79 bits per heavy atom. The van der Waals surface area contributed by atoms with Gasteiger partial charge in [-0.05, 0) is 24.6 Å². The molecule has 4 N–H and O–H groups in total. The van der Waals surface area contributed by atoms with Crippen LogP contribution in [0.4, 0.5) is 15.5 Å². The predicted molar refractivity (Wildman–Crippen MR) is 113 cm³/mol. The number of nitrogens with zero attached hydrogens (tertiary/aromatic N) is 2. The Labute approximate surface area is 167 Å². The van der Waals surface area contributed by atoms with E-state index in [-0.39, 0.29) is 6.03 Å². The molecule has 146 valence electrons. The Bertz CT molecular complexity index is 1070. The van der Waals surface area contributed by atoms with Gasteiger partial charge in [0, 0.05) is 42.1 Å². The number of primary amides is 1. The van der Waals surface area contributed by atoms with E-state index in [0.717, 1.165) is 53.1 Å². The van der Waals surface area contributed by atoms with Gasteiger partial charge in [0.2, 0.25) is 0 Å². The number of hydrogen-bond acceptors (Lipinski definition) is 4. The molecule has 0 spiro atoms. The summed E-state index contributed by atoms with van der Waals surface area (Å²) in [4.78, 5) is 28.1. The van der Waals surface area contributed by atoms with Crippen molar-refractivity contribution in [3.63, 3.8) is 0 Å². The second-order valence-electron chi connectivity index (χ2n) is 6.94. The predicted octanol–water partition coefficient (Wildman–Crippen LogP) is 3.36. The number of carbonyl (C=O) groups is 2. The molecule has 0 unspecified atom stereocenters. The molecule has 4 rings (SSSR count). The summed E-state index contributed by atoms with van der Waals surface area (Å²) in [5.74, 6) is -0.497. The first-order valence-electron chi connectivity index (χ1n) is 9.26. The van der Waals surface area contributed by atoms with Crippen molar-refractivity contribution >= 4 is 44.9 Å². The molecule has 0 fully saturated rings. The standard InChI is InChI=1S/C20H23N5O2S/c1-3-25-9-8-13-16(11-25)28-19(17(13)18(21)26)23-20(27)22-14-10-24(2)15-7-5-4-6-12(14)15/h4-7,10H,3,8-9,11H2,1-2H3,(H2,21,26)(H2,22,23,27). The largest absolute Gasteiger partial charge is 0.365 e. The highest BCUT2D eigenvalue weighted by atomic mass is 32.1. The number of carbonyl (C=O) groups excluding carboxylic acids is 2. The van der Waals surface area contributed by atoms with E-state index in [1.807, 2.05) is 42.1 Å². The van der Waals surface area contributed by atoms with Crippen molar-refractivity contribution < 1.29 is 9.59 Å². The Morgan fingerprint density at radius 2 is 2.04 bits per heavy atom. The van der Waals surface area contributed by atoms with Crippen LogP contribution in [0, 0.1) is 0 Å². The number of fused-ring (bicyclic) bond motifs is 2. The SMILES string of the molecule is CCN1CCc2c(sc(NC(=O)Nc3cn(C)c4ccccc34)c2C(N)=O)C1. The monoisotopic (exact) mass is 397 g/mol. The van der Waals surface area contributed by atoms with Crippen molar-refractivity contribution in [2.45, 2.75) is 19.9 Å². The third-order valence-corrected chi connectivity index (χ3v) is 6.33. The maximum Gasteiger partial charge on any atom is 0.324 e. The molecule has 0 radical (unpaired) electrons. The van der Waals surface area contributed by atoms with Crippen molar-refractivity contribution in [2.24, 2.45) is 12.8 Å². The lowest BCUT2D eigenvalue weighted by Crippen LogP contribution is -2.30. The first-order valence-corrected chi connectivity index (χ1v) is 10.1. The summed E-state index contributed by atoms with van der Waals surface area (Å²) in [5, 5.41) is 7.22. The molecular weight excluding hydrogens is 374 g/mol. The van der Waals surface area contributed by atoms with Gasteiger partial charge in [0.25, 0.3) is 5.91 Å². The lowest BCUT2D eigenvalue weighted by molar-refractivity contribution is 0.1000. The minimum Gasteiger partial charge on any atom is -0.365 e. The van der Waals surface area contributed by atoms with Crippen LogP contribution in [0.25, 0.3) is 10.9 Å². The summed E-state index contributed by atoms with van der Waals surface area (Å²) in [6.07, 6.45) is 2.64. The number of urea groups is 1. The van der Waals surface area contributed by atoms with Crippen molar-refractivity contribution in [1.29, 1.82) is 0 Å². The Kier molecular flexibility index (Phi) is 4.82. The number of aryl methyl sites for hydroxylation is 1. The first kappa shape index (κ1) is 18.5. The zero-order chi connectivity index (χ0) is 19.8. The number of aromatic nitrogens is 1. The molecule has 7 nitrogen and oxygen atoms in total. The minimum atomic E-state index is -0.497. The van der Waals surface area contributed by atoms with E-state index in [2.05, 4.69) is 22.5 Å². The van der Waals surface area contributed by atoms with E-state index in [1.165, 1.54) is 11.3 Å². The fraction of sp³-hybridized carbons (Fsp3) is 0.300. The third-order valence-electron chi connectivity index (χ3n) is 5.20. The number of hydrogen-bond donors (Lipinski definition) is 3. The third kappa shape index (κ3) is 3.25. The summed E-state index contributed by atoms with van der Waals surface area (Å²) < 4.78 is 1.96. The number of para-hydroxylation sites is 1. The summed E-state index contributed by atoms with van der Waals surface area (Å²) in [5.41, 5.74) is 8.80. The molecule has 0 atom stereocenters. The fourth-order valence-electron chi connectivity index (χ4n) is 3.77. The molecular formula is C20H23N5O2S. The van der Waals surface area contributed by atoms with Crippen LogP contribution in [0.15, 0.2) is 30.5 Å². The molecule has 2 aromatic heterocycles. The van der Waals surface area contributed by atoms with Gasteiger partial charge in [-0.2, -0.15) is 0 Å². The molecule has 0 aliphatic carbocycles. The normalized spacial score (nSPS) is 14.1. The van der Waals surface area contributed by atoms with Gasteiger partial charge >= 0.3 is 6.03 Å². The van der Waals surface area contributed by atoms with Crippen LogP contribution in [0.3, 0.4) is 0 Å². The number of benzene rings is 1. The summed E-state index contributed by atoms with van der Waals surface area (Å²) in [6, 6.07) is 7.47. The Morgan fingerprint density at radius 1 is 1.25 bits per heavy atom. The number of amides is 3. The van der Waals surface area contributed by atoms with Gasteiger partial charge < -0.3 is 15.6 Å². The van der Waals surface area contributed by atoms with Crippen molar-refractivity contribution in [3.05, 3.63) is 46.5 Å². The van der Waals surface area contributed by atoms with Gasteiger partial charge in [0.05, 0.1) is 11.3 Å². The highest BCUT2D eigenvalue weighted by Gasteiger charge is 2.27. The van der Waals surface area contributed by atoms with Crippen LogP contribution < -0.4 is 16.4 Å². The van der Waals surface area contributed by atoms with E-state index in [0.29, 0.717) is 10.6 Å². The first-order chi connectivity index (χ1) is 13.5. The molecule has 28 heavy (non-hydrogen) atoms. The second-order valence-corrected chi connectivity index (χ2v) is 8.05. The quantitative estimate of drug-likeness (QED) is 0.630. The molecule has 3 amide bonds. The molecule has 3 aromatic rings. The van der Waals surface area contributed by atoms with E-state index in [9.17, 15) is 9.59 Å². The molecule has 3 heterocycles. The topological polar surface area (TPSA) is 92.4 Å². The summed E-state index contributed by atoms with van der Waals surface area (Å²) in [6.45, 7) is 4.74. The lowest BCUT2D eigenvalue weighted by Gasteiger charge is -2.25. The van der Waals surface area contributed by atoms with Gasteiger partial charge in [-0.3, -0.25) is 15.0 Å². The van der Waals surface area contributed by atoms with Gasteiger partial charge in [-0.25, -0.2) is 4.79 Å². The highest BCUT2D eigenvalue weighted by Crippen LogP contribution is 2.37. The van der Waals surface area contributed by atoms with Gasteiger partial charge in [-0.15, -0.1) is 11.3 Å². The van der Waals surface area contributed by atoms with Gasteiger partial charge in [0.1, 0.15) is 5.00 Å². The highest BCUT2D eigenvalue weighted by molar-refractivity contribution is 7.17. The lowest BCUT2D eigenvalue weighted by atomic mass is 10.0. The smallest absolute Gasteiger partial charge is 0.324 e. The molecule has 0 bridgehead atoms. The van der Waals surface area contributed by atoms with Gasteiger partial charge in [0.15, 0.2) is 0 Å².